The predicted molar refractivity (Wildman–Crippen MR) is 89.7 cm³/mol. The molecule has 0 aromatic rings. The Bertz CT molecular complexity index is 411. The Morgan fingerprint density at radius 3 is 1.46 bits per heavy atom. The summed E-state index contributed by atoms with van der Waals surface area (Å²) in [6.45, 7) is 10.8. The van der Waals surface area contributed by atoms with Gasteiger partial charge in [-0.25, -0.2) is 9.59 Å². The van der Waals surface area contributed by atoms with Crippen molar-refractivity contribution in [1.82, 2.24) is 10.6 Å². The van der Waals surface area contributed by atoms with Crippen molar-refractivity contribution in [2.75, 3.05) is 26.2 Å². The van der Waals surface area contributed by atoms with Crippen molar-refractivity contribution in [1.29, 1.82) is 0 Å². The molecule has 0 amide bonds. The number of nitrogens with one attached hydrogen (secondary N) is 2. The van der Waals surface area contributed by atoms with Crippen LogP contribution in [0, 0.1) is 0 Å². The van der Waals surface area contributed by atoms with E-state index in [1.165, 1.54) is 12.8 Å². The summed E-state index contributed by atoms with van der Waals surface area (Å²) in [4.78, 5) is 19.5. The molecule has 8 nitrogen and oxygen atoms in total. The second-order valence-corrected chi connectivity index (χ2v) is 4.50. The summed E-state index contributed by atoms with van der Waals surface area (Å²) in [5.41, 5.74) is 5.45. The largest absolute Gasteiger partial charge is 0.479 e. The monoisotopic (exact) mass is 342 g/mol. The number of hydrogen-bond donors (Lipinski definition) is 6. The minimum Gasteiger partial charge on any atom is -0.479 e. The molecule has 0 aliphatic heterocycles. The predicted octanol–water partition coefficient (Wildman–Crippen LogP) is -0.495. The number of aliphatic hydroxyl groups excluding tert-OH is 2. The van der Waals surface area contributed by atoms with E-state index in [1.54, 1.807) is 0 Å². The summed E-state index contributed by atoms with van der Waals surface area (Å²) in [7, 11) is 0. The molecule has 0 spiro atoms. The van der Waals surface area contributed by atoms with Crippen molar-refractivity contribution in [2.45, 2.75) is 25.0 Å². The van der Waals surface area contributed by atoms with Gasteiger partial charge in [0.15, 0.2) is 12.2 Å². The van der Waals surface area contributed by atoms with Crippen molar-refractivity contribution >= 4 is 11.9 Å². The van der Waals surface area contributed by atoms with Crippen LogP contribution in [-0.2, 0) is 9.59 Å². The molecule has 0 aliphatic rings. The van der Waals surface area contributed by atoms with E-state index < -0.39 is 24.1 Å². The maximum atomic E-state index is 9.77. The average Bonchev–Trinajstić information content (AvgIpc) is 2.55. The Morgan fingerprint density at radius 2 is 1.21 bits per heavy atom. The first-order valence-corrected chi connectivity index (χ1v) is 7.30. The molecule has 0 aliphatic carbocycles. The fourth-order valence-corrected chi connectivity index (χ4v) is 1.26. The highest BCUT2D eigenvalue weighted by molar-refractivity contribution is 5.83. The second kappa shape index (κ2) is 17.2. The maximum absolute atomic E-state index is 9.77. The first-order chi connectivity index (χ1) is 11.4. The third-order valence-corrected chi connectivity index (χ3v) is 2.54. The van der Waals surface area contributed by atoms with Gasteiger partial charge in [0.1, 0.15) is 0 Å². The topological polar surface area (TPSA) is 139 Å². The van der Waals surface area contributed by atoms with Gasteiger partial charge in [0.25, 0.3) is 0 Å². The van der Waals surface area contributed by atoms with E-state index in [4.69, 9.17) is 20.4 Å². The highest BCUT2D eigenvalue weighted by atomic mass is 16.4. The lowest BCUT2D eigenvalue weighted by Gasteiger charge is -2.07. The molecule has 136 valence electrons. The molecule has 0 radical (unpaired) electrons. The molecule has 0 aromatic carbocycles. The smallest absolute Gasteiger partial charge is 0.335 e. The number of aliphatic hydroxyl groups is 2. The molecule has 6 N–H and O–H groups in total. The Morgan fingerprint density at radius 1 is 0.875 bits per heavy atom. The van der Waals surface area contributed by atoms with Crippen molar-refractivity contribution in [3.63, 3.8) is 0 Å². The molecular formula is C16H26N2O6. The quantitative estimate of drug-likeness (QED) is 0.206. The molecule has 0 saturated carbocycles. The Hall–Kier alpha value is -2.18. The Balaban J connectivity index is 0. The van der Waals surface area contributed by atoms with E-state index in [2.05, 4.69) is 35.3 Å². The Labute approximate surface area is 141 Å². The van der Waals surface area contributed by atoms with E-state index in [-0.39, 0.29) is 0 Å². The van der Waals surface area contributed by atoms with Gasteiger partial charge in [-0.3, -0.25) is 0 Å². The zero-order chi connectivity index (χ0) is 18.8. The molecule has 2 atom stereocenters. The highest BCUT2D eigenvalue weighted by Gasteiger charge is 2.29. The molecule has 0 saturated heterocycles. The van der Waals surface area contributed by atoms with E-state index >= 15 is 0 Å². The lowest BCUT2D eigenvalue weighted by Crippen LogP contribution is -2.39. The zero-order valence-corrected chi connectivity index (χ0v) is 13.6. The van der Waals surface area contributed by atoms with Crippen LogP contribution < -0.4 is 10.6 Å². The first-order valence-electron chi connectivity index (χ1n) is 7.30. The number of aliphatic carboxylic acids is 2. The van der Waals surface area contributed by atoms with Crippen LogP contribution in [0.15, 0.2) is 36.8 Å². The lowest BCUT2D eigenvalue weighted by molar-refractivity contribution is -0.165. The summed E-state index contributed by atoms with van der Waals surface area (Å²) in [6.07, 6.45) is 1.64. The summed E-state index contributed by atoms with van der Waals surface area (Å²) >= 11 is 0. The molecule has 0 fully saturated rings. The molecule has 0 heterocycles. The Kier molecular flexibility index (Phi) is 17.2. The zero-order valence-electron chi connectivity index (χ0n) is 13.6. The molecule has 8 heteroatoms. The summed E-state index contributed by atoms with van der Waals surface area (Å²) in [6, 6.07) is 0. The SMILES string of the molecule is C=C=CCNCCCCNCC=C=C.O=C(O)C(O)C(O)C(=O)O. The van der Waals surface area contributed by atoms with Gasteiger partial charge in [0, 0.05) is 13.1 Å². The van der Waals surface area contributed by atoms with Gasteiger partial charge in [-0.1, -0.05) is 13.2 Å². The highest BCUT2D eigenvalue weighted by Crippen LogP contribution is 1.92. The minimum atomic E-state index is -2.27. The summed E-state index contributed by atoms with van der Waals surface area (Å²) < 4.78 is 0. The third-order valence-electron chi connectivity index (χ3n) is 2.54. The third kappa shape index (κ3) is 16.2. The molecule has 0 aromatic heterocycles. The van der Waals surface area contributed by atoms with Crippen LogP contribution in [0.3, 0.4) is 0 Å². The van der Waals surface area contributed by atoms with Crippen molar-refractivity contribution in [3.8, 4) is 0 Å². The van der Waals surface area contributed by atoms with Gasteiger partial charge in [-0.2, -0.15) is 0 Å². The standard InChI is InChI=1S/C12H20N2.C4H6O6/c1-3-5-9-13-11-7-8-12-14-10-6-4-2;5-1(3(7)8)2(6)4(9)10/h5-6,13-14H,1-2,7-12H2;1-2,5-6H,(H,7,8)(H,9,10). The van der Waals surface area contributed by atoms with E-state index in [0.29, 0.717) is 0 Å². The van der Waals surface area contributed by atoms with Crippen LogP contribution in [0.4, 0.5) is 0 Å². The normalized spacial score (nSPS) is 11.8. The minimum absolute atomic E-state index is 0.871. The number of carbonyl (C=O) groups is 2. The second-order valence-electron chi connectivity index (χ2n) is 4.50. The van der Waals surface area contributed by atoms with Crippen molar-refractivity contribution < 1.29 is 30.0 Å². The number of hydrogen-bond acceptors (Lipinski definition) is 6. The summed E-state index contributed by atoms with van der Waals surface area (Å²) in [5, 5.41) is 39.1. The molecule has 0 rings (SSSR count). The van der Waals surface area contributed by atoms with Gasteiger partial charge < -0.3 is 31.1 Å². The maximum Gasteiger partial charge on any atom is 0.335 e. The van der Waals surface area contributed by atoms with E-state index in [0.717, 1.165) is 26.2 Å². The van der Waals surface area contributed by atoms with Gasteiger partial charge in [0.2, 0.25) is 0 Å². The van der Waals surface area contributed by atoms with Crippen molar-refractivity contribution in [3.05, 3.63) is 36.8 Å². The van der Waals surface area contributed by atoms with Crippen LogP contribution in [0.1, 0.15) is 12.8 Å². The average molecular weight is 342 g/mol. The van der Waals surface area contributed by atoms with Crippen LogP contribution in [-0.4, -0.2) is 70.8 Å². The van der Waals surface area contributed by atoms with Crippen LogP contribution >= 0.6 is 0 Å². The number of rotatable bonds is 12. The van der Waals surface area contributed by atoms with Gasteiger partial charge in [0.05, 0.1) is 0 Å². The summed E-state index contributed by atoms with van der Waals surface area (Å²) in [5.74, 6) is -3.54. The molecule has 0 bridgehead atoms. The van der Waals surface area contributed by atoms with Crippen LogP contribution in [0.2, 0.25) is 0 Å². The van der Waals surface area contributed by atoms with Gasteiger partial charge in [-0.15, -0.1) is 11.5 Å². The van der Waals surface area contributed by atoms with E-state index in [1.807, 2.05) is 12.2 Å². The first kappa shape index (κ1) is 24.1. The lowest BCUT2D eigenvalue weighted by atomic mass is 10.2. The van der Waals surface area contributed by atoms with Gasteiger partial charge >= 0.3 is 11.9 Å². The fraction of sp³-hybridized carbons (Fsp3) is 0.500. The van der Waals surface area contributed by atoms with Gasteiger partial charge in [-0.05, 0) is 38.1 Å². The number of carboxylic acid groups (broad SMARTS) is 2. The number of unbranched alkanes of at least 4 members (excludes halogenated alkanes) is 1. The number of carboxylic acids is 2. The van der Waals surface area contributed by atoms with Crippen molar-refractivity contribution in [2.24, 2.45) is 0 Å². The van der Waals surface area contributed by atoms with Crippen LogP contribution in [0.25, 0.3) is 0 Å². The molecule has 2 unspecified atom stereocenters. The molecule has 24 heavy (non-hydrogen) atoms. The van der Waals surface area contributed by atoms with E-state index in [9.17, 15) is 9.59 Å². The van der Waals surface area contributed by atoms with Crippen LogP contribution in [0.5, 0.6) is 0 Å². The molecular weight excluding hydrogens is 316 g/mol. The fourth-order valence-electron chi connectivity index (χ4n) is 1.26.